The first kappa shape index (κ1) is 16.1. The highest BCUT2D eigenvalue weighted by atomic mass is 15.1. The lowest BCUT2D eigenvalue weighted by molar-refractivity contribution is 0.491. The van der Waals surface area contributed by atoms with Gasteiger partial charge in [-0.1, -0.05) is 13.8 Å². The smallest absolute Gasteiger partial charge is 0.135 e. The van der Waals surface area contributed by atoms with Crippen LogP contribution in [0, 0.1) is 12.8 Å². The molecule has 0 atom stereocenters. The Morgan fingerprint density at radius 2 is 1.76 bits per heavy atom. The summed E-state index contributed by atoms with van der Waals surface area (Å²) in [5.41, 5.74) is 1.25. The van der Waals surface area contributed by atoms with Gasteiger partial charge in [0.05, 0.1) is 0 Å². The molecule has 1 heterocycles. The molecule has 21 heavy (non-hydrogen) atoms. The molecule has 0 unspecified atom stereocenters. The maximum Gasteiger partial charge on any atom is 0.135 e. The second-order valence-electron chi connectivity index (χ2n) is 6.76. The molecule has 2 N–H and O–H groups in total. The van der Waals surface area contributed by atoms with Crippen LogP contribution in [0.5, 0.6) is 0 Å². The normalized spacial score (nSPS) is 15.1. The van der Waals surface area contributed by atoms with E-state index in [4.69, 9.17) is 4.98 Å². The minimum absolute atomic E-state index is 0.116. The molecule has 1 aliphatic carbocycles. The first-order valence-electron chi connectivity index (χ1n) is 8.37. The molecular weight excluding hydrogens is 260 g/mol. The van der Waals surface area contributed by atoms with Crippen LogP contribution in [0.15, 0.2) is 0 Å². The van der Waals surface area contributed by atoms with Crippen LogP contribution in [-0.4, -0.2) is 22.1 Å². The first-order valence-corrected chi connectivity index (χ1v) is 8.37. The highest BCUT2D eigenvalue weighted by molar-refractivity contribution is 5.58. The molecule has 0 radical (unpaired) electrons. The average Bonchev–Trinajstić information content (AvgIpc) is 3.25. The Morgan fingerprint density at radius 3 is 2.33 bits per heavy atom. The van der Waals surface area contributed by atoms with Crippen molar-refractivity contribution in [1.82, 2.24) is 9.97 Å². The van der Waals surface area contributed by atoms with E-state index in [1.807, 2.05) is 0 Å². The topological polar surface area (TPSA) is 49.8 Å². The van der Waals surface area contributed by atoms with E-state index < -0.39 is 0 Å². The van der Waals surface area contributed by atoms with Gasteiger partial charge in [-0.3, -0.25) is 0 Å². The zero-order chi connectivity index (χ0) is 15.5. The lowest BCUT2D eigenvalue weighted by Gasteiger charge is -2.28. The van der Waals surface area contributed by atoms with Gasteiger partial charge in [0.15, 0.2) is 0 Å². The fourth-order valence-corrected chi connectivity index (χ4v) is 2.65. The summed E-state index contributed by atoms with van der Waals surface area (Å²) in [4.78, 5) is 9.45. The number of anilines is 2. The summed E-state index contributed by atoms with van der Waals surface area (Å²) in [5.74, 6) is 3.71. The largest absolute Gasteiger partial charge is 0.370 e. The van der Waals surface area contributed by atoms with Crippen molar-refractivity contribution in [3.05, 3.63) is 11.4 Å². The summed E-state index contributed by atoms with van der Waals surface area (Å²) in [5, 5.41) is 7.11. The van der Waals surface area contributed by atoms with Crippen molar-refractivity contribution in [2.24, 2.45) is 5.92 Å². The first-order chi connectivity index (χ1) is 9.97. The van der Waals surface area contributed by atoms with Gasteiger partial charge in [0.25, 0.3) is 0 Å². The van der Waals surface area contributed by atoms with E-state index in [1.54, 1.807) is 0 Å². The molecule has 4 heteroatoms. The second-order valence-corrected chi connectivity index (χ2v) is 6.76. The SMILES string of the molecule is CCCNc1nc(CCC)nc(NC(C)(C)C2CC2)c1C. The molecule has 118 valence electrons. The van der Waals surface area contributed by atoms with E-state index in [2.05, 4.69) is 50.2 Å². The van der Waals surface area contributed by atoms with Gasteiger partial charge in [-0.05, 0) is 52.4 Å². The molecular formula is C17H30N4. The van der Waals surface area contributed by atoms with Crippen LogP contribution in [0.2, 0.25) is 0 Å². The number of nitrogens with zero attached hydrogens (tertiary/aromatic N) is 2. The number of rotatable bonds is 8. The number of nitrogens with one attached hydrogen (secondary N) is 2. The van der Waals surface area contributed by atoms with Crippen LogP contribution < -0.4 is 10.6 Å². The summed E-state index contributed by atoms with van der Waals surface area (Å²) >= 11 is 0. The highest BCUT2D eigenvalue weighted by Crippen LogP contribution is 2.41. The molecule has 0 bridgehead atoms. The molecule has 1 fully saturated rings. The van der Waals surface area contributed by atoms with Crippen LogP contribution in [-0.2, 0) is 6.42 Å². The zero-order valence-electron chi connectivity index (χ0n) is 14.2. The fraction of sp³-hybridized carbons (Fsp3) is 0.765. The zero-order valence-corrected chi connectivity index (χ0v) is 14.2. The molecule has 0 aliphatic heterocycles. The number of aryl methyl sites for hydroxylation is 1. The minimum atomic E-state index is 0.116. The third-order valence-electron chi connectivity index (χ3n) is 4.25. The van der Waals surface area contributed by atoms with Crippen molar-refractivity contribution in [2.45, 2.75) is 72.3 Å². The fourth-order valence-electron chi connectivity index (χ4n) is 2.65. The van der Waals surface area contributed by atoms with E-state index in [-0.39, 0.29) is 5.54 Å². The Hall–Kier alpha value is -1.32. The van der Waals surface area contributed by atoms with Crippen molar-refractivity contribution in [3.63, 3.8) is 0 Å². The van der Waals surface area contributed by atoms with Crippen molar-refractivity contribution in [1.29, 1.82) is 0 Å². The van der Waals surface area contributed by atoms with Gasteiger partial charge in [-0.15, -0.1) is 0 Å². The van der Waals surface area contributed by atoms with E-state index in [1.165, 1.54) is 12.8 Å². The maximum absolute atomic E-state index is 4.76. The van der Waals surface area contributed by atoms with Gasteiger partial charge >= 0.3 is 0 Å². The van der Waals surface area contributed by atoms with E-state index in [0.717, 1.165) is 54.7 Å². The molecule has 0 amide bonds. The van der Waals surface area contributed by atoms with Gasteiger partial charge in [-0.2, -0.15) is 0 Å². The molecule has 0 saturated heterocycles. The highest BCUT2D eigenvalue weighted by Gasteiger charge is 2.38. The summed E-state index contributed by atoms with van der Waals surface area (Å²) in [6, 6.07) is 0. The monoisotopic (exact) mass is 290 g/mol. The lowest BCUT2D eigenvalue weighted by Crippen LogP contribution is -2.34. The van der Waals surface area contributed by atoms with E-state index >= 15 is 0 Å². The maximum atomic E-state index is 4.76. The Bertz CT molecular complexity index is 478. The Kier molecular flexibility index (Phi) is 5.07. The van der Waals surface area contributed by atoms with Gasteiger partial charge in [-0.25, -0.2) is 9.97 Å². The Morgan fingerprint density at radius 1 is 1.10 bits per heavy atom. The standard InChI is InChI=1S/C17H30N4/c1-6-8-14-19-15(18-11-7-2)12(3)16(20-14)21-17(4,5)13-9-10-13/h13H,6-11H2,1-5H3,(H2,18,19,20,21). The van der Waals surface area contributed by atoms with E-state index in [0.29, 0.717) is 0 Å². The molecule has 1 saturated carbocycles. The molecule has 0 spiro atoms. The summed E-state index contributed by atoms with van der Waals surface area (Å²) < 4.78 is 0. The van der Waals surface area contributed by atoms with Gasteiger partial charge in [0.1, 0.15) is 17.5 Å². The van der Waals surface area contributed by atoms with Crippen LogP contribution in [0.1, 0.15) is 64.8 Å². The van der Waals surface area contributed by atoms with Crippen molar-refractivity contribution < 1.29 is 0 Å². The van der Waals surface area contributed by atoms with Crippen LogP contribution in [0.3, 0.4) is 0 Å². The third kappa shape index (κ3) is 4.08. The van der Waals surface area contributed by atoms with Crippen molar-refractivity contribution in [3.8, 4) is 0 Å². The molecule has 2 rings (SSSR count). The predicted octanol–water partition coefficient (Wildman–Crippen LogP) is 4.16. The third-order valence-corrected chi connectivity index (χ3v) is 4.25. The average molecular weight is 290 g/mol. The predicted molar refractivity (Wildman–Crippen MR) is 90.0 cm³/mol. The quantitative estimate of drug-likeness (QED) is 0.755. The van der Waals surface area contributed by atoms with Crippen LogP contribution in [0.25, 0.3) is 0 Å². The van der Waals surface area contributed by atoms with E-state index in [9.17, 15) is 0 Å². The molecule has 0 aromatic carbocycles. The Balaban J connectivity index is 2.26. The second kappa shape index (κ2) is 6.63. The summed E-state index contributed by atoms with van der Waals surface area (Å²) in [6.45, 7) is 12.0. The molecule has 4 nitrogen and oxygen atoms in total. The minimum Gasteiger partial charge on any atom is -0.370 e. The van der Waals surface area contributed by atoms with Gasteiger partial charge in [0, 0.05) is 24.1 Å². The molecule has 1 aromatic heterocycles. The number of hydrogen-bond donors (Lipinski definition) is 2. The molecule has 1 aliphatic rings. The van der Waals surface area contributed by atoms with Crippen LogP contribution >= 0.6 is 0 Å². The van der Waals surface area contributed by atoms with Gasteiger partial charge in [0.2, 0.25) is 0 Å². The number of hydrogen-bond acceptors (Lipinski definition) is 4. The van der Waals surface area contributed by atoms with Crippen LogP contribution in [0.4, 0.5) is 11.6 Å². The lowest BCUT2D eigenvalue weighted by atomic mass is 9.98. The summed E-state index contributed by atoms with van der Waals surface area (Å²) in [7, 11) is 0. The Labute approximate surface area is 129 Å². The number of aromatic nitrogens is 2. The van der Waals surface area contributed by atoms with Crippen molar-refractivity contribution >= 4 is 11.6 Å². The van der Waals surface area contributed by atoms with Crippen molar-refractivity contribution in [2.75, 3.05) is 17.2 Å². The molecule has 1 aromatic rings. The summed E-state index contributed by atoms with van der Waals surface area (Å²) in [6.07, 6.45) is 5.75. The van der Waals surface area contributed by atoms with Gasteiger partial charge < -0.3 is 10.6 Å².